The predicted molar refractivity (Wildman–Crippen MR) is 343 cm³/mol. The molecule has 5 heteroatoms. The topological polar surface area (TPSA) is 16.3 Å². The van der Waals surface area contributed by atoms with Gasteiger partial charge in [-0.2, -0.15) is 0 Å². The van der Waals surface area contributed by atoms with Crippen LogP contribution in [0.15, 0.2) is 255 Å². The van der Waals surface area contributed by atoms with Crippen molar-refractivity contribution in [3.8, 4) is 22.5 Å². The van der Waals surface area contributed by atoms with Crippen molar-refractivity contribution in [3.05, 3.63) is 271 Å². The van der Waals surface area contributed by atoms with Crippen molar-refractivity contribution in [3.63, 3.8) is 0 Å². The van der Waals surface area contributed by atoms with Crippen LogP contribution in [0.25, 0.3) is 66.1 Å². The Kier molecular flexibility index (Phi) is 12.2. The van der Waals surface area contributed by atoms with Crippen molar-refractivity contribution < 1.29 is 0 Å². The maximum atomic E-state index is 2.56. The number of fused-ring (bicyclic) bond motifs is 9. The fraction of sp³-hybridized carbons (Fsp3) is 0.120. The lowest BCUT2D eigenvalue weighted by molar-refractivity contribution is 0.812. The maximum absolute atomic E-state index is 2.56. The van der Waals surface area contributed by atoms with Gasteiger partial charge in [-0.3, -0.25) is 0 Å². The average molecular weight is 1030 g/mol. The highest BCUT2D eigenvalue weighted by molar-refractivity contribution is 6.99. The van der Waals surface area contributed by atoms with Crippen LogP contribution in [0.1, 0.15) is 76.0 Å². The third kappa shape index (κ3) is 8.13. The van der Waals surface area contributed by atoms with Crippen LogP contribution in [-0.2, 0) is 0 Å². The van der Waals surface area contributed by atoms with Crippen LogP contribution in [0, 0.1) is 0 Å². The number of aromatic nitrogens is 2. The van der Waals surface area contributed by atoms with Crippen LogP contribution in [0.4, 0.5) is 34.1 Å². The third-order valence-corrected chi connectivity index (χ3v) is 16.8. The number of hydrogen-bond acceptors (Lipinski definition) is 2. The largest absolute Gasteiger partial charge is 0.310 e. The predicted octanol–water partition coefficient (Wildman–Crippen LogP) is 18.7. The van der Waals surface area contributed by atoms with Crippen molar-refractivity contribution in [2.24, 2.45) is 0 Å². The van der Waals surface area contributed by atoms with E-state index in [-0.39, 0.29) is 6.71 Å². The Bertz CT molecular complexity index is 4200. The van der Waals surface area contributed by atoms with Crippen molar-refractivity contribution in [1.29, 1.82) is 0 Å². The molecule has 0 saturated carbocycles. The van der Waals surface area contributed by atoms with Gasteiger partial charge in [-0.1, -0.05) is 185 Å². The monoisotopic (exact) mass is 1030 g/mol. The first kappa shape index (κ1) is 49.0. The van der Waals surface area contributed by atoms with E-state index in [0.29, 0.717) is 17.8 Å². The lowest BCUT2D eigenvalue weighted by atomic mass is 9.36. The standard InChI is InChI=1S/C75H63BN4/c1-49(2)52-42-62(50(3)4)75(63(43-52)51(5)6)76-69-39-36-60(44-64(69)65-47-68-61-34-22-23-35-71(61)79(74(68)48-70(65)76)57-32-20-11-21-33-57)80-72-40-37-58(77(53-24-12-7-13-25-53)54-26-14-8-15-27-54)45-66(72)67-46-59(38-41-73(67)80)78(55-28-16-9-17-29-55)56-30-18-10-19-31-56/h7-51H,1-6H3. The van der Waals surface area contributed by atoms with Crippen molar-refractivity contribution in [1.82, 2.24) is 9.13 Å². The van der Waals surface area contributed by atoms with Crippen LogP contribution in [0.3, 0.4) is 0 Å². The Hall–Kier alpha value is -9.32. The molecule has 13 aromatic rings. The zero-order valence-electron chi connectivity index (χ0n) is 46.3. The summed E-state index contributed by atoms with van der Waals surface area (Å²) in [5.41, 5.74) is 24.8. The molecule has 0 saturated heterocycles. The van der Waals surface area contributed by atoms with Crippen LogP contribution in [0.5, 0.6) is 0 Å². The van der Waals surface area contributed by atoms with E-state index in [1.165, 1.54) is 82.5 Å². The molecule has 3 heterocycles. The third-order valence-electron chi connectivity index (χ3n) is 16.8. The summed E-state index contributed by atoms with van der Waals surface area (Å²) in [7, 11) is 0. The molecule has 0 N–H and O–H groups in total. The summed E-state index contributed by atoms with van der Waals surface area (Å²) >= 11 is 0. The van der Waals surface area contributed by atoms with Crippen LogP contribution in [-0.4, -0.2) is 15.8 Å². The molecule has 0 atom stereocenters. The molecule has 1 aliphatic rings. The van der Waals surface area contributed by atoms with E-state index in [4.69, 9.17) is 0 Å². The van der Waals surface area contributed by atoms with E-state index < -0.39 is 0 Å². The zero-order chi connectivity index (χ0) is 54.2. The Labute approximate surface area is 470 Å². The molecule has 0 radical (unpaired) electrons. The van der Waals surface area contributed by atoms with E-state index in [0.717, 1.165) is 50.8 Å². The van der Waals surface area contributed by atoms with Gasteiger partial charge >= 0.3 is 0 Å². The van der Waals surface area contributed by atoms with Gasteiger partial charge < -0.3 is 18.9 Å². The van der Waals surface area contributed by atoms with Gasteiger partial charge in [0.2, 0.25) is 6.71 Å². The Morgan fingerprint density at radius 1 is 0.300 bits per heavy atom. The highest BCUT2D eigenvalue weighted by Crippen LogP contribution is 2.44. The van der Waals surface area contributed by atoms with Crippen molar-refractivity contribution in [2.75, 3.05) is 9.80 Å². The summed E-state index contributed by atoms with van der Waals surface area (Å²) in [4.78, 5) is 4.75. The molecule has 386 valence electrons. The molecule has 0 bridgehead atoms. The SMILES string of the molecule is CC(C)c1cc(C(C)C)c(B2c3ccc(-n4c5ccc(N(c6ccccc6)c6ccccc6)cc5c5cc(N(c6ccccc6)c6ccccc6)ccc54)cc3-c3cc4c5ccccc5n(-c5ccccc5)c4cc32)c(C(C)C)c1. The van der Waals surface area contributed by atoms with Crippen molar-refractivity contribution in [2.45, 2.75) is 59.3 Å². The minimum atomic E-state index is 0.0314. The molecule has 4 nitrogen and oxygen atoms in total. The van der Waals surface area contributed by atoms with Gasteiger partial charge in [0.1, 0.15) is 0 Å². The molecule has 11 aromatic carbocycles. The number of anilines is 6. The number of hydrogen-bond donors (Lipinski definition) is 0. The normalized spacial score (nSPS) is 12.2. The molecule has 80 heavy (non-hydrogen) atoms. The van der Waals surface area contributed by atoms with Gasteiger partial charge in [0.05, 0.1) is 22.1 Å². The lowest BCUT2D eigenvalue weighted by Crippen LogP contribution is -2.52. The molecule has 0 aliphatic carbocycles. The second kappa shape index (κ2) is 19.9. The Balaban J connectivity index is 1.04. The fourth-order valence-corrected chi connectivity index (χ4v) is 13.1. The number of rotatable bonds is 12. The molecule has 2 aromatic heterocycles. The quantitative estimate of drug-likeness (QED) is 0.113. The minimum absolute atomic E-state index is 0.0314. The van der Waals surface area contributed by atoms with E-state index in [1.807, 2.05) is 0 Å². The van der Waals surface area contributed by atoms with Gasteiger partial charge in [-0.05, 0) is 173 Å². The first-order valence-electron chi connectivity index (χ1n) is 28.5. The van der Waals surface area contributed by atoms with Crippen LogP contribution < -0.4 is 26.2 Å². The second-order valence-corrected chi connectivity index (χ2v) is 22.7. The molecule has 0 fully saturated rings. The molecule has 0 amide bonds. The van der Waals surface area contributed by atoms with Crippen molar-refractivity contribution >= 4 is 101 Å². The van der Waals surface area contributed by atoms with E-state index in [1.54, 1.807) is 0 Å². The average Bonchev–Trinajstić information content (AvgIpc) is 4.32. The van der Waals surface area contributed by atoms with Gasteiger partial charge in [0.25, 0.3) is 0 Å². The van der Waals surface area contributed by atoms with E-state index >= 15 is 0 Å². The van der Waals surface area contributed by atoms with E-state index in [2.05, 4.69) is 315 Å². The summed E-state index contributed by atoms with van der Waals surface area (Å²) in [6.07, 6.45) is 0. The van der Waals surface area contributed by atoms with E-state index in [9.17, 15) is 0 Å². The molecule has 14 rings (SSSR count). The molecular formula is C75H63BN4. The smallest absolute Gasteiger partial charge is 0.243 e. The van der Waals surface area contributed by atoms with Gasteiger partial charge in [0, 0.05) is 67.0 Å². The molecule has 0 unspecified atom stereocenters. The molecular weight excluding hydrogens is 968 g/mol. The Morgan fingerprint density at radius 3 is 1.21 bits per heavy atom. The molecule has 0 spiro atoms. The summed E-state index contributed by atoms with van der Waals surface area (Å²) < 4.78 is 5.01. The lowest BCUT2D eigenvalue weighted by Gasteiger charge is -2.26. The maximum Gasteiger partial charge on any atom is 0.243 e. The highest BCUT2D eigenvalue weighted by Gasteiger charge is 2.39. The Morgan fingerprint density at radius 2 is 0.725 bits per heavy atom. The first-order valence-corrected chi connectivity index (χ1v) is 28.5. The second-order valence-electron chi connectivity index (χ2n) is 22.7. The van der Waals surface area contributed by atoms with Gasteiger partial charge in [-0.15, -0.1) is 0 Å². The fourth-order valence-electron chi connectivity index (χ4n) is 13.1. The molecule has 1 aliphatic heterocycles. The summed E-state index contributed by atoms with van der Waals surface area (Å²) in [5, 5.41) is 4.89. The number of para-hydroxylation sites is 6. The minimum Gasteiger partial charge on any atom is -0.310 e. The first-order chi connectivity index (χ1) is 39.2. The van der Waals surface area contributed by atoms with Gasteiger partial charge in [0.15, 0.2) is 0 Å². The zero-order valence-corrected chi connectivity index (χ0v) is 46.3. The summed E-state index contributed by atoms with van der Waals surface area (Å²) in [6, 6.07) is 94.6. The van der Waals surface area contributed by atoms with Crippen LogP contribution >= 0.6 is 0 Å². The summed E-state index contributed by atoms with van der Waals surface area (Å²) in [6.45, 7) is 14.3. The number of nitrogens with zero attached hydrogens (tertiary/aromatic N) is 4. The number of benzene rings is 11. The van der Waals surface area contributed by atoms with Crippen LogP contribution in [0.2, 0.25) is 0 Å². The highest BCUT2D eigenvalue weighted by atomic mass is 15.1. The van der Waals surface area contributed by atoms with Gasteiger partial charge in [-0.25, -0.2) is 0 Å². The summed E-state index contributed by atoms with van der Waals surface area (Å²) in [5.74, 6) is 1.09.